The van der Waals surface area contributed by atoms with E-state index in [1.165, 1.54) is 0 Å². The zero-order valence-electron chi connectivity index (χ0n) is 21.8. The first kappa shape index (κ1) is 28.5. The quantitative estimate of drug-likeness (QED) is 0.310. The topological polar surface area (TPSA) is 105 Å². The Bertz CT molecular complexity index is 1290. The Morgan fingerprint density at radius 1 is 1.05 bits per heavy atom. The Balaban J connectivity index is 1.46. The molecule has 0 saturated heterocycles. The molecule has 0 bridgehead atoms. The van der Waals surface area contributed by atoms with Gasteiger partial charge in [0.25, 0.3) is 0 Å². The van der Waals surface area contributed by atoms with Crippen LogP contribution in [0.15, 0.2) is 54.7 Å². The summed E-state index contributed by atoms with van der Waals surface area (Å²) in [6.07, 6.45) is -0.896. The lowest BCUT2D eigenvalue weighted by Gasteiger charge is -2.38. The zero-order valence-corrected chi connectivity index (χ0v) is 21.8. The fourth-order valence-electron chi connectivity index (χ4n) is 5.12. The molecular formula is C29H32F3N3O4. The molecule has 10 heteroatoms. The number of halogens is 3. The van der Waals surface area contributed by atoms with Gasteiger partial charge in [-0.1, -0.05) is 30.3 Å². The lowest BCUT2D eigenvalue weighted by atomic mass is 9.71. The molecule has 0 aliphatic heterocycles. The van der Waals surface area contributed by atoms with Crippen LogP contribution in [0.2, 0.25) is 0 Å². The SMILES string of the molecule is Cc1cc(Nc2nccc(C(F)(F)F)n2)cc(-c2ccc(C(C)(O)C3CCC(C(=O)OCCO)CC3)cc2)c1. The standard InChI is InChI=1S/C29H32F3N3O4/c1-18-15-21(17-24(16-18)34-27-33-12-11-25(35-27)29(30,31)32)19-3-7-22(8-4-19)28(2,38)23-9-5-20(6-10-23)26(37)39-14-13-36/h3-4,7-8,11-12,15-17,20,23,36,38H,5-6,9-10,13-14H2,1-2H3,(H,33,34,35). The third kappa shape index (κ3) is 6.93. The first-order chi connectivity index (χ1) is 18.5. The number of nitrogens with zero attached hydrogens (tertiary/aromatic N) is 2. The van der Waals surface area contributed by atoms with Gasteiger partial charge in [-0.3, -0.25) is 4.79 Å². The second-order valence-electron chi connectivity index (χ2n) is 10.1. The minimum Gasteiger partial charge on any atom is -0.463 e. The second-order valence-corrected chi connectivity index (χ2v) is 10.1. The number of benzene rings is 2. The van der Waals surface area contributed by atoms with E-state index < -0.39 is 17.5 Å². The van der Waals surface area contributed by atoms with Crippen molar-refractivity contribution in [3.8, 4) is 11.1 Å². The summed E-state index contributed by atoms with van der Waals surface area (Å²) in [5.74, 6) is -0.675. The number of esters is 1. The molecule has 4 rings (SSSR count). The smallest absolute Gasteiger partial charge is 0.433 e. The van der Waals surface area contributed by atoms with Gasteiger partial charge in [0.2, 0.25) is 5.95 Å². The molecule has 0 spiro atoms. The Kier molecular flexibility index (Phi) is 8.56. The molecule has 1 aliphatic rings. The van der Waals surface area contributed by atoms with E-state index in [9.17, 15) is 23.1 Å². The molecule has 1 aromatic heterocycles. The fourth-order valence-corrected chi connectivity index (χ4v) is 5.12. The largest absolute Gasteiger partial charge is 0.463 e. The Labute approximate surface area is 225 Å². The van der Waals surface area contributed by atoms with Crippen LogP contribution in [0.3, 0.4) is 0 Å². The van der Waals surface area contributed by atoms with E-state index in [1.54, 1.807) is 19.1 Å². The summed E-state index contributed by atoms with van der Waals surface area (Å²) in [7, 11) is 0. The zero-order chi connectivity index (χ0) is 28.2. The molecule has 7 nitrogen and oxygen atoms in total. The number of carbonyl (C=O) groups excluding carboxylic acids is 1. The van der Waals surface area contributed by atoms with Crippen LogP contribution in [0.5, 0.6) is 0 Å². The summed E-state index contributed by atoms with van der Waals surface area (Å²) in [6.45, 7) is 3.48. The van der Waals surface area contributed by atoms with Crippen LogP contribution in [-0.4, -0.2) is 39.4 Å². The molecule has 2 aromatic carbocycles. The number of aryl methyl sites for hydroxylation is 1. The predicted molar refractivity (Wildman–Crippen MR) is 140 cm³/mol. The molecule has 39 heavy (non-hydrogen) atoms. The van der Waals surface area contributed by atoms with E-state index in [-0.39, 0.29) is 37.0 Å². The summed E-state index contributed by atoms with van der Waals surface area (Å²) >= 11 is 0. The van der Waals surface area contributed by atoms with E-state index in [0.29, 0.717) is 31.4 Å². The number of ether oxygens (including phenoxy) is 1. The van der Waals surface area contributed by atoms with Gasteiger partial charge in [-0.25, -0.2) is 9.97 Å². The Morgan fingerprint density at radius 2 is 1.74 bits per heavy atom. The van der Waals surface area contributed by atoms with Gasteiger partial charge in [0, 0.05) is 11.9 Å². The average molecular weight is 544 g/mol. The number of hydrogen-bond acceptors (Lipinski definition) is 7. The minimum absolute atomic E-state index is 0.000340. The molecule has 3 aromatic rings. The molecule has 1 heterocycles. The number of nitrogens with one attached hydrogen (secondary N) is 1. The van der Waals surface area contributed by atoms with Crippen molar-refractivity contribution in [3.05, 3.63) is 71.5 Å². The second kappa shape index (κ2) is 11.7. The third-order valence-corrected chi connectivity index (χ3v) is 7.27. The molecule has 3 N–H and O–H groups in total. The average Bonchev–Trinajstić information content (AvgIpc) is 2.91. The van der Waals surface area contributed by atoms with Crippen molar-refractivity contribution in [1.29, 1.82) is 0 Å². The summed E-state index contributed by atoms with van der Waals surface area (Å²) in [5, 5.41) is 23.1. The van der Waals surface area contributed by atoms with Crippen molar-refractivity contribution in [3.63, 3.8) is 0 Å². The van der Waals surface area contributed by atoms with Gasteiger partial charge in [-0.2, -0.15) is 13.2 Å². The first-order valence-electron chi connectivity index (χ1n) is 12.9. The van der Waals surface area contributed by atoms with Crippen molar-refractivity contribution >= 4 is 17.6 Å². The van der Waals surface area contributed by atoms with Crippen LogP contribution in [-0.2, 0) is 21.3 Å². The van der Waals surface area contributed by atoms with Crippen molar-refractivity contribution in [1.82, 2.24) is 9.97 Å². The molecule has 0 radical (unpaired) electrons. The van der Waals surface area contributed by atoms with E-state index in [2.05, 4.69) is 15.3 Å². The highest BCUT2D eigenvalue weighted by molar-refractivity contribution is 5.72. The normalized spacial score (nSPS) is 19.3. The number of rotatable bonds is 8. The summed E-state index contributed by atoms with van der Waals surface area (Å²) in [6, 6.07) is 13.9. The number of aliphatic hydroxyl groups excluding tert-OH is 1. The van der Waals surface area contributed by atoms with E-state index in [4.69, 9.17) is 9.84 Å². The van der Waals surface area contributed by atoms with Gasteiger partial charge < -0.3 is 20.3 Å². The summed E-state index contributed by atoms with van der Waals surface area (Å²) < 4.78 is 44.1. The fraction of sp³-hybridized carbons (Fsp3) is 0.414. The van der Waals surface area contributed by atoms with Crippen LogP contribution in [0.25, 0.3) is 11.1 Å². The lowest BCUT2D eigenvalue weighted by molar-refractivity contribution is -0.152. The van der Waals surface area contributed by atoms with E-state index >= 15 is 0 Å². The van der Waals surface area contributed by atoms with Crippen LogP contribution >= 0.6 is 0 Å². The van der Waals surface area contributed by atoms with Crippen LogP contribution in [0.1, 0.15) is 49.4 Å². The van der Waals surface area contributed by atoms with Crippen molar-refractivity contribution in [2.24, 2.45) is 11.8 Å². The monoisotopic (exact) mass is 543 g/mol. The molecule has 208 valence electrons. The van der Waals surface area contributed by atoms with Gasteiger partial charge in [0.15, 0.2) is 0 Å². The maximum absolute atomic E-state index is 13.0. The highest BCUT2D eigenvalue weighted by atomic mass is 19.4. The predicted octanol–water partition coefficient (Wildman–Crippen LogP) is 5.76. The van der Waals surface area contributed by atoms with E-state index in [1.807, 2.05) is 37.3 Å². The van der Waals surface area contributed by atoms with Crippen LogP contribution < -0.4 is 5.32 Å². The molecular weight excluding hydrogens is 511 g/mol. The number of aliphatic hydroxyl groups is 2. The van der Waals surface area contributed by atoms with Crippen LogP contribution in [0.4, 0.5) is 24.8 Å². The lowest BCUT2D eigenvalue weighted by Crippen LogP contribution is -2.36. The molecule has 1 saturated carbocycles. The van der Waals surface area contributed by atoms with Crippen molar-refractivity contribution < 1.29 is 32.9 Å². The van der Waals surface area contributed by atoms with Gasteiger partial charge in [-0.15, -0.1) is 0 Å². The van der Waals surface area contributed by atoms with Gasteiger partial charge in [0.1, 0.15) is 12.3 Å². The van der Waals surface area contributed by atoms with Gasteiger partial charge in [0.05, 0.1) is 18.1 Å². The molecule has 1 aliphatic carbocycles. The van der Waals surface area contributed by atoms with Gasteiger partial charge in [-0.05, 0) is 85.9 Å². The molecule has 1 atom stereocenters. The van der Waals surface area contributed by atoms with Crippen molar-refractivity contribution in [2.75, 3.05) is 18.5 Å². The Hall–Kier alpha value is -3.50. The maximum Gasteiger partial charge on any atom is 0.433 e. The highest BCUT2D eigenvalue weighted by Crippen LogP contribution is 2.41. The number of anilines is 2. The molecule has 1 unspecified atom stereocenters. The van der Waals surface area contributed by atoms with Crippen molar-refractivity contribution in [2.45, 2.75) is 51.3 Å². The molecule has 1 fully saturated rings. The minimum atomic E-state index is -4.56. The Morgan fingerprint density at radius 3 is 2.38 bits per heavy atom. The maximum atomic E-state index is 13.0. The third-order valence-electron chi connectivity index (χ3n) is 7.27. The number of alkyl halides is 3. The van der Waals surface area contributed by atoms with Crippen LogP contribution in [0, 0.1) is 18.8 Å². The summed E-state index contributed by atoms with van der Waals surface area (Å²) in [4.78, 5) is 19.6. The number of hydrogen-bond donors (Lipinski definition) is 3. The number of carbonyl (C=O) groups is 1. The summed E-state index contributed by atoms with van der Waals surface area (Å²) in [5.41, 5.74) is 1.83. The molecule has 0 amide bonds. The van der Waals surface area contributed by atoms with E-state index in [0.717, 1.165) is 34.5 Å². The highest BCUT2D eigenvalue weighted by Gasteiger charge is 2.38. The first-order valence-corrected chi connectivity index (χ1v) is 12.9. The van der Waals surface area contributed by atoms with Gasteiger partial charge >= 0.3 is 12.1 Å². The number of aromatic nitrogens is 2.